The fraction of sp³-hybridized carbons (Fsp3) is 0.188. The fourth-order valence-corrected chi connectivity index (χ4v) is 3.28. The highest BCUT2D eigenvalue weighted by Gasteiger charge is 2.23. The molecule has 0 radical (unpaired) electrons. The minimum Gasteiger partial charge on any atom is -0.411 e. The molecule has 6 heteroatoms. The van der Waals surface area contributed by atoms with Crippen LogP contribution in [0.2, 0.25) is 15.1 Å². The Balaban J connectivity index is 1.96. The van der Waals surface area contributed by atoms with Crippen molar-refractivity contribution >= 4 is 46.2 Å². The average Bonchev–Trinajstić information content (AvgIpc) is 2.50. The molecule has 2 aromatic rings. The molecule has 1 aliphatic heterocycles. The molecular formula is C16H13Cl3N2O. The lowest BCUT2D eigenvalue weighted by Gasteiger charge is -2.32. The van der Waals surface area contributed by atoms with Crippen LogP contribution in [0.5, 0.6) is 0 Å². The van der Waals surface area contributed by atoms with E-state index >= 15 is 0 Å². The summed E-state index contributed by atoms with van der Waals surface area (Å²) in [5.74, 6) is 0. The molecule has 2 aromatic carbocycles. The molecular weight excluding hydrogens is 343 g/mol. The molecule has 1 heterocycles. The Bertz CT molecular complexity index is 746. The van der Waals surface area contributed by atoms with Gasteiger partial charge in [-0.25, -0.2) is 0 Å². The first-order valence-corrected chi connectivity index (χ1v) is 7.91. The topological polar surface area (TPSA) is 35.8 Å². The molecule has 0 fully saturated rings. The van der Waals surface area contributed by atoms with Gasteiger partial charge in [0.25, 0.3) is 0 Å². The Hall–Kier alpha value is -1.42. The van der Waals surface area contributed by atoms with E-state index in [1.165, 1.54) is 0 Å². The second-order valence-corrected chi connectivity index (χ2v) is 6.40. The lowest BCUT2D eigenvalue weighted by Crippen LogP contribution is -2.32. The van der Waals surface area contributed by atoms with Crippen LogP contribution in [-0.2, 0) is 6.54 Å². The number of hydrogen-bond donors (Lipinski definition) is 1. The van der Waals surface area contributed by atoms with Crippen LogP contribution in [0.4, 0.5) is 5.69 Å². The van der Waals surface area contributed by atoms with Gasteiger partial charge in [-0.05, 0) is 35.9 Å². The van der Waals surface area contributed by atoms with E-state index in [1.54, 1.807) is 6.07 Å². The molecule has 3 rings (SSSR count). The van der Waals surface area contributed by atoms with E-state index in [2.05, 4.69) is 10.1 Å². The smallest absolute Gasteiger partial charge is 0.0906 e. The fourth-order valence-electron chi connectivity index (χ4n) is 2.63. The molecule has 114 valence electrons. The number of hydrogen-bond acceptors (Lipinski definition) is 3. The first-order chi connectivity index (χ1) is 10.6. The quantitative estimate of drug-likeness (QED) is 0.591. The maximum Gasteiger partial charge on any atom is 0.0906 e. The summed E-state index contributed by atoms with van der Waals surface area (Å²) < 4.78 is 0. The Kier molecular flexibility index (Phi) is 4.48. The van der Waals surface area contributed by atoms with Crippen molar-refractivity contribution in [3.63, 3.8) is 0 Å². The van der Waals surface area contributed by atoms with Gasteiger partial charge < -0.3 is 10.1 Å². The lowest BCUT2D eigenvalue weighted by molar-refractivity contribution is 0.317. The Morgan fingerprint density at radius 3 is 2.50 bits per heavy atom. The first-order valence-electron chi connectivity index (χ1n) is 6.78. The molecule has 0 aliphatic carbocycles. The zero-order valence-electron chi connectivity index (χ0n) is 11.6. The molecule has 0 aromatic heterocycles. The summed E-state index contributed by atoms with van der Waals surface area (Å²) in [4.78, 5) is 2.19. The van der Waals surface area contributed by atoms with Crippen LogP contribution in [0.25, 0.3) is 0 Å². The summed E-state index contributed by atoms with van der Waals surface area (Å²) in [5.41, 5.74) is 3.48. The van der Waals surface area contributed by atoms with E-state index in [1.807, 2.05) is 30.3 Å². The minimum atomic E-state index is 0.617. The number of oxime groups is 1. The second-order valence-electron chi connectivity index (χ2n) is 5.12. The van der Waals surface area contributed by atoms with Crippen molar-refractivity contribution in [3.8, 4) is 0 Å². The predicted octanol–water partition coefficient (Wildman–Crippen LogP) is 5.24. The van der Waals surface area contributed by atoms with Crippen molar-refractivity contribution in [2.45, 2.75) is 13.0 Å². The van der Waals surface area contributed by atoms with E-state index in [4.69, 9.17) is 40.0 Å². The highest BCUT2D eigenvalue weighted by Crippen LogP contribution is 2.32. The largest absolute Gasteiger partial charge is 0.411 e. The van der Waals surface area contributed by atoms with E-state index in [0.29, 0.717) is 33.7 Å². The van der Waals surface area contributed by atoms with Crippen molar-refractivity contribution in [1.82, 2.24) is 0 Å². The number of anilines is 1. The van der Waals surface area contributed by atoms with Gasteiger partial charge in [-0.15, -0.1) is 0 Å². The summed E-state index contributed by atoms with van der Waals surface area (Å²) in [7, 11) is 0. The molecule has 0 spiro atoms. The van der Waals surface area contributed by atoms with E-state index in [0.717, 1.165) is 23.4 Å². The average molecular weight is 356 g/mol. The van der Waals surface area contributed by atoms with Gasteiger partial charge in [0.15, 0.2) is 0 Å². The van der Waals surface area contributed by atoms with Crippen LogP contribution in [-0.4, -0.2) is 17.5 Å². The molecule has 0 atom stereocenters. The monoisotopic (exact) mass is 354 g/mol. The molecule has 0 amide bonds. The van der Waals surface area contributed by atoms with Gasteiger partial charge in [-0.3, -0.25) is 0 Å². The van der Waals surface area contributed by atoms with Gasteiger partial charge in [0.1, 0.15) is 0 Å². The zero-order chi connectivity index (χ0) is 15.7. The maximum absolute atomic E-state index is 9.17. The Labute approximate surface area is 143 Å². The highest BCUT2D eigenvalue weighted by atomic mass is 35.5. The van der Waals surface area contributed by atoms with E-state index in [-0.39, 0.29) is 0 Å². The maximum atomic E-state index is 9.17. The normalized spacial score (nSPS) is 16.0. The summed E-state index contributed by atoms with van der Waals surface area (Å²) in [6, 6.07) is 11.1. The molecule has 0 bridgehead atoms. The third kappa shape index (κ3) is 3.02. The Morgan fingerprint density at radius 2 is 1.77 bits per heavy atom. The van der Waals surface area contributed by atoms with Crippen molar-refractivity contribution in [1.29, 1.82) is 0 Å². The molecule has 0 saturated heterocycles. The minimum absolute atomic E-state index is 0.617. The SMILES string of the molecule is ON=C1CCN(Cc2ccc(Cl)cc2Cl)c2ccc(Cl)cc21. The number of fused-ring (bicyclic) bond motifs is 1. The number of nitrogens with zero attached hydrogens (tertiary/aromatic N) is 2. The number of rotatable bonds is 2. The van der Waals surface area contributed by atoms with Crippen LogP contribution in [0.1, 0.15) is 17.5 Å². The summed E-state index contributed by atoms with van der Waals surface area (Å²) in [6.45, 7) is 1.40. The van der Waals surface area contributed by atoms with Gasteiger partial charge in [-0.1, -0.05) is 46.0 Å². The van der Waals surface area contributed by atoms with Gasteiger partial charge in [0.05, 0.1) is 5.71 Å². The summed E-state index contributed by atoms with van der Waals surface area (Å²) in [6.07, 6.45) is 0.648. The van der Waals surface area contributed by atoms with Crippen molar-refractivity contribution < 1.29 is 5.21 Å². The van der Waals surface area contributed by atoms with Gasteiger partial charge in [-0.2, -0.15) is 0 Å². The van der Waals surface area contributed by atoms with E-state index < -0.39 is 0 Å². The van der Waals surface area contributed by atoms with Gasteiger partial charge in [0.2, 0.25) is 0 Å². The van der Waals surface area contributed by atoms with Crippen LogP contribution < -0.4 is 4.90 Å². The number of benzene rings is 2. The molecule has 1 N–H and O–H groups in total. The highest BCUT2D eigenvalue weighted by molar-refractivity contribution is 6.35. The third-order valence-corrected chi connectivity index (χ3v) is 4.55. The lowest BCUT2D eigenvalue weighted by atomic mass is 9.99. The van der Waals surface area contributed by atoms with Crippen LogP contribution >= 0.6 is 34.8 Å². The van der Waals surface area contributed by atoms with Crippen LogP contribution in [0, 0.1) is 0 Å². The first kappa shape index (κ1) is 15.5. The van der Waals surface area contributed by atoms with Gasteiger partial charge >= 0.3 is 0 Å². The predicted molar refractivity (Wildman–Crippen MR) is 91.9 cm³/mol. The van der Waals surface area contributed by atoms with E-state index in [9.17, 15) is 0 Å². The zero-order valence-corrected chi connectivity index (χ0v) is 13.8. The molecule has 0 unspecified atom stereocenters. The van der Waals surface area contributed by atoms with Crippen LogP contribution in [0.3, 0.4) is 0 Å². The van der Waals surface area contributed by atoms with Crippen molar-refractivity contribution in [2.24, 2.45) is 5.16 Å². The third-order valence-electron chi connectivity index (χ3n) is 3.73. The van der Waals surface area contributed by atoms with Crippen molar-refractivity contribution in [2.75, 3.05) is 11.4 Å². The molecule has 1 aliphatic rings. The molecule has 22 heavy (non-hydrogen) atoms. The standard InChI is InChI=1S/C16H13Cl3N2O/c17-11-3-4-16-13(7-11)15(20-22)5-6-21(16)9-10-1-2-12(18)8-14(10)19/h1-4,7-8,22H,5-6,9H2. The van der Waals surface area contributed by atoms with Crippen molar-refractivity contribution in [3.05, 3.63) is 62.6 Å². The molecule has 3 nitrogen and oxygen atoms in total. The van der Waals surface area contributed by atoms with Crippen LogP contribution in [0.15, 0.2) is 41.6 Å². The number of halogens is 3. The Morgan fingerprint density at radius 1 is 1.05 bits per heavy atom. The van der Waals surface area contributed by atoms with Gasteiger partial charge in [0, 0.05) is 45.8 Å². The summed E-state index contributed by atoms with van der Waals surface area (Å²) in [5, 5.41) is 14.4. The molecule has 0 saturated carbocycles. The summed E-state index contributed by atoms with van der Waals surface area (Å²) >= 11 is 18.3. The second kappa shape index (κ2) is 6.37.